The van der Waals surface area contributed by atoms with Crippen molar-refractivity contribution in [3.8, 4) is 0 Å². The van der Waals surface area contributed by atoms with Crippen LogP contribution in [-0.4, -0.2) is 37.7 Å². The number of aryl methyl sites for hydroxylation is 2. The number of carbonyl (C=O) groups excluding carboxylic acids is 1. The van der Waals surface area contributed by atoms with Gasteiger partial charge in [0.15, 0.2) is 0 Å². The zero-order valence-corrected chi connectivity index (χ0v) is 15.9. The minimum atomic E-state index is -3.55. The standard InChI is InChI=1S/C19H21N3O3S/c1-12-13(2)20-18-9-8-14(10-17(12)18)19(23)21-15-6-5-7-16(11-15)26(24,25)22(3)4/h5-11,20H,1-4H3,(H,21,23). The van der Waals surface area contributed by atoms with Crippen molar-refractivity contribution in [2.45, 2.75) is 18.7 Å². The van der Waals surface area contributed by atoms with Gasteiger partial charge in [-0.25, -0.2) is 12.7 Å². The van der Waals surface area contributed by atoms with E-state index in [1.54, 1.807) is 18.2 Å². The SMILES string of the molecule is Cc1[nH]c2ccc(C(=O)Nc3cccc(S(=O)(=O)N(C)C)c3)cc2c1C. The molecule has 0 aliphatic rings. The molecule has 2 aromatic carbocycles. The molecule has 0 spiro atoms. The van der Waals surface area contributed by atoms with Crippen LogP contribution in [0.15, 0.2) is 47.4 Å². The first kappa shape index (κ1) is 18.2. The lowest BCUT2D eigenvalue weighted by atomic mass is 10.1. The zero-order chi connectivity index (χ0) is 19.1. The number of benzene rings is 2. The van der Waals surface area contributed by atoms with Crippen molar-refractivity contribution in [1.82, 2.24) is 9.29 Å². The van der Waals surface area contributed by atoms with Gasteiger partial charge in [0.05, 0.1) is 4.90 Å². The van der Waals surface area contributed by atoms with Crippen LogP contribution in [0.25, 0.3) is 10.9 Å². The molecule has 0 atom stereocenters. The molecular formula is C19H21N3O3S. The summed E-state index contributed by atoms with van der Waals surface area (Å²) in [5.74, 6) is -0.287. The Morgan fingerprint density at radius 2 is 1.81 bits per heavy atom. The first-order chi connectivity index (χ1) is 12.2. The van der Waals surface area contributed by atoms with Crippen LogP contribution in [0.5, 0.6) is 0 Å². The molecule has 0 radical (unpaired) electrons. The molecule has 1 amide bonds. The normalized spacial score (nSPS) is 11.9. The number of H-pyrrole nitrogens is 1. The number of nitrogens with zero attached hydrogens (tertiary/aromatic N) is 1. The van der Waals surface area contributed by atoms with Gasteiger partial charge < -0.3 is 10.3 Å². The lowest BCUT2D eigenvalue weighted by molar-refractivity contribution is 0.102. The van der Waals surface area contributed by atoms with E-state index in [4.69, 9.17) is 0 Å². The average molecular weight is 371 g/mol. The minimum Gasteiger partial charge on any atom is -0.358 e. The van der Waals surface area contributed by atoms with E-state index in [1.165, 1.54) is 26.2 Å². The Bertz CT molecular complexity index is 1100. The van der Waals surface area contributed by atoms with Crippen molar-refractivity contribution >= 4 is 32.5 Å². The Balaban J connectivity index is 1.90. The van der Waals surface area contributed by atoms with Crippen LogP contribution in [0.3, 0.4) is 0 Å². The van der Waals surface area contributed by atoms with Crippen LogP contribution in [0.1, 0.15) is 21.6 Å². The Morgan fingerprint density at radius 3 is 2.50 bits per heavy atom. The third-order valence-corrected chi connectivity index (χ3v) is 6.25. The number of nitrogens with one attached hydrogen (secondary N) is 2. The summed E-state index contributed by atoms with van der Waals surface area (Å²) in [6.07, 6.45) is 0. The molecule has 0 aliphatic carbocycles. The van der Waals surface area contributed by atoms with Gasteiger partial charge in [0.1, 0.15) is 0 Å². The summed E-state index contributed by atoms with van der Waals surface area (Å²) in [5.41, 5.74) is 4.10. The van der Waals surface area contributed by atoms with Crippen LogP contribution < -0.4 is 5.32 Å². The number of hydrogen-bond donors (Lipinski definition) is 2. The van der Waals surface area contributed by atoms with Crippen molar-refractivity contribution < 1.29 is 13.2 Å². The third kappa shape index (κ3) is 3.23. The van der Waals surface area contributed by atoms with Crippen LogP contribution in [-0.2, 0) is 10.0 Å². The van der Waals surface area contributed by atoms with Gasteiger partial charge in [-0.05, 0) is 55.8 Å². The molecule has 1 aromatic heterocycles. The molecule has 0 saturated heterocycles. The Kier molecular flexibility index (Phi) is 4.60. The number of fused-ring (bicyclic) bond motifs is 1. The first-order valence-corrected chi connectivity index (χ1v) is 9.57. The van der Waals surface area contributed by atoms with Crippen LogP contribution in [0.2, 0.25) is 0 Å². The molecule has 3 rings (SSSR count). The van der Waals surface area contributed by atoms with E-state index in [2.05, 4.69) is 10.3 Å². The summed E-state index contributed by atoms with van der Waals surface area (Å²) in [7, 11) is -0.615. The average Bonchev–Trinajstić information content (AvgIpc) is 2.89. The number of aromatic nitrogens is 1. The van der Waals surface area contributed by atoms with E-state index in [0.717, 1.165) is 26.5 Å². The fourth-order valence-corrected chi connectivity index (χ4v) is 3.70. The number of carbonyl (C=O) groups is 1. The predicted molar refractivity (Wildman–Crippen MR) is 103 cm³/mol. The predicted octanol–water partition coefficient (Wildman–Crippen LogP) is 3.29. The van der Waals surface area contributed by atoms with E-state index < -0.39 is 10.0 Å². The third-order valence-electron chi connectivity index (χ3n) is 4.44. The smallest absolute Gasteiger partial charge is 0.255 e. The summed E-state index contributed by atoms with van der Waals surface area (Å²) >= 11 is 0. The molecule has 0 unspecified atom stereocenters. The Labute approximate surface area is 152 Å². The maximum atomic E-state index is 12.6. The maximum absolute atomic E-state index is 12.6. The summed E-state index contributed by atoms with van der Waals surface area (Å²) in [4.78, 5) is 16.0. The molecule has 0 aliphatic heterocycles. The number of aromatic amines is 1. The number of amides is 1. The van der Waals surface area contributed by atoms with Gasteiger partial charge >= 0.3 is 0 Å². The van der Waals surface area contributed by atoms with E-state index >= 15 is 0 Å². The second kappa shape index (κ2) is 6.59. The highest BCUT2D eigenvalue weighted by molar-refractivity contribution is 7.89. The molecule has 0 bridgehead atoms. The molecule has 0 fully saturated rings. The van der Waals surface area contributed by atoms with Crippen LogP contribution in [0, 0.1) is 13.8 Å². The van der Waals surface area contributed by atoms with Crippen molar-refractivity contribution in [2.24, 2.45) is 0 Å². The van der Waals surface area contributed by atoms with Crippen molar-refractivity contribution in [3.05, 3.63) is 59.3 Å². The molecular weight excluding hydrogens is 350 g/mol. The fourth-order valence-electron chi connectivity index (χ4n) is 2.75. The van der Waals surface area contributed by atoms with Crippen molar-refractivity contribution in [2.75, 3.05) is 19.4 Å². The number of hydrogen-bond acceptors (Lipinski definition) is 3. The monoisotopic (exact) mass is 371 g/mol. The Morgan fingerprint density at radius 1 is 1.08 bits per heavy atom. The van der Waals surface area contributed by atoms with E-state index in [9.17, 15) is 13.2 Å². The summed E-state index contributed by atoms with van der Waals surface area (Å²) in [6, 6.07) is 11.7. The summed E-state index contributed by atoms with van der Waals surface area (Å²) < 4.78 is 25.6. The molecule has 26 heavy (non-hydrogen) atoms. The molecule has 136 valence electrons. The molecule has 1 heterocycles. The van der Waals surface area contributed by atoms with E-state index in [-0.39, 0.29) is 10.8 Å². The highest BCUT2D eigenvalue weighted by Gasteiger charge is 2.18. The number of sulfonamides is 1. The van der Waals surface area contributed by atoms with Gasteiger partial charge in [0, 0.05) is 41.9 Å². The second-order valence-corrected chi connectivity index (χ2v) is 8.56. The number of anilines is 1. The highest BCUT2D eigenvalue weighted by Crippen LogP contribution is 2.23. The first-order valence-electron chi connectivity index (χ1n) is 8.13. The molecule has 7 heteroatoms. The van der Waals surface area contributed by atoms with Gasteiger partial charge in [-0.3, -0.25) is 4.79 Å². The van der Waals surface area contributed by atoms with E-state index in [1.807, 2.05) is 26.0 Å². The van der Waals surface area contributed by atoms with Gasteiger partial charge in [0.25, 0.3) is 5.91 Å². The maximum Gasteiger partial charge on any atom is 0.255 e. The number of rotatable bonds is 4. The van der Waals surface area contributed by atoms with E-state index in [0.29, 0.717) is 11.3 Å². The van der Waals surface area contributed by atoms with Gasteiger partial charge in [-0.2, -0.15) is 0 Å². The summed E-state index contributed by atoms with van der Waals surface area (Å²) in [6.45, 7) is 4.00. The van der Waals surface area contributed by atoms with Gasteiger partial charge in [-0.1, -0.05) is 6.07 Å². The zero-order valence-electron chi connectivity index (χ0n) is 15.1. The molecule has 2 N–H and O–H groups in total. The van der Waals surface area contributed by atoms with Crippen molar-refractivity contribution in [3.63, 3.8) is 0 Å². The minimum absolute atomic E-state index is 0.132. The Hall–Kier alpha value is -2.64. The van der Waals surface area contributed by atoms with Crippen LogP contribution in [0.4, 0.5) is 5.69 Å². The second-order valence-electron chi connectivity index (χ2n) is 6.40. The quantitative estimate of drug-likeness (QED) is 0.738. The van der Waals surface area contributed by atoms with Crippen LogP contribution >= 0.6 is 0 Å². The highest BCUT2D eigenvalue weighted by atomic mass is 32.2. The topological polar surface area (TPSA) is 82.3 Å². The summed E-state index contributed by atoms with van der Waals surface area (Å²) in [5, 5.41) is 3.77. The van der Waals surface area contributed by atoms with Crippen molar-refractivity contribution in [1.29, 1.82) is 0 Å². The molecule has 0 saturated carbocycles. The molecule has 3 aromatic rings. The van der Waals surface area contributed by atoms with Gasteiger partial charge in [-0.15, -0.1) is 0 Å². The fraction of sp³-hybridized carbons (Fsp3) is 0.211. The van der Waals surface area contributed by atoms with Gasteiger partial charge in [0.2, 0.25) is 10.0 Å². The lowest BCUT2D eigenvalue weighted by Gasteiger charge is -2.12. The molecule has 6 nitrogen and oxygen atoms in total. The largest absolute Gasteiger partial charge is 0.358 e. The lowest BCUT2D eigenvalue weighted by Crippen LogP contribution is -2.22.